The maximum atomic E-state index is 6.88. The normalized spacial score (nSPS) is 17.1. The second kappa shape index (κ2) is 13.5. The quantitative estimate of drug-likeness (QED) is 0.133. The molecule has 0 saturated heterocycles. The Bertz CT molecular complexity index is 2650. The molecule has 0 saturated carbocycles. The van der Waals surface area contributed by atoms with E-state index in [2.05, 4.69) is 0 Å². The fourth-order valence-electron chi connectivity index (χ4n) is 7.04. The maximum Gasteiger partial charge on any atom is 0.316 e. The van der Waals surface area contributed by atoms with Gasteiger partial charge in [-0.3, -0.25) is 0 Å². The zero-order valence-corrected chi connectivity index (χ0v) is 28.0. The summed E-state index contributed by atoms with van der Waals surface area (Å²) in [6, 6.07) is 31.2. The lowest BCUT2D eigenvalue weighted by Gasteiger charge is -2.20. The Balaban J connectivity index is 0.00000400. The van der Waals surface area contributed by atoms with Gasteiger partial charge < -0.3 is 22.9 Å². The van der Waals surface area contributed by atoms with E-state index in [9.17, 15) is 0 Å². The minimum Gasteiger partial charge on any atom is -0.398 e. The molecule has 8 nitrogen and oxygen atoms in total. The molecule has 0 amide bonds. The van der Waals surface area contributed by atoms with Crippen LogP contribution in [0.2, 0.25) is 0 Å². The van der Waals surface area contributed by atoms with Crippen LogP contribution in [-0.4, -0.2) is 45.9 Å². The number of nitrogens with two attached hydrogens (primary N) is 4. The molecular weight excluding hydrogens is 665 g/mol. The van der Waals surface area contributed by atoms with Gasteiger partial charge in [-0.1, -0.05) is 72.8 Å². The van der Waals surface area contributed by atoms with Gasteiger partial charge in [-0.25, -0.2) is 20.0 Å². The van der Waals surface area contributed by atoms with Crippen LogP contribution >= 0.6 is 0 Å². The van der Waals surface area contributed by atoms with Crippen LogP contribution < -0.4 is 22.9 Å². The van der Waals surface area contributed by atoms with E-state index in [0.29, 0.717) is 45.6 Å². The van der Waals surface area contributed by atoms with Crippen LogP contribution in [0.25, 0.3) is 22.3 Å². The first-order valence-corrected chi connectivity index (χ1v) is 16.9. The number of rotatable bonds is 4. The molecule has 9 rings (SSSR count). The predicted molar refractivity (Wildman–Crippen MR) is 226 cm³/mol. The lowest BCUT2D eigenvalue weighted by atomic mass is 9.84. The second-order valence-electron chi connectivity index (χ2n) is 12.8. The third-order valence-electron chi connectivity index (χ3n) is 9.42. The average Bonchev–Trinajstić information content (AvgIpc) is 3.95. The molecule has 8 bridgehead atoms. The Morgan fingerprint density at radius 2 is 0.830 bits per heavy atom. The number of benzene rings is 4. The molecule has 0 aliphatic carbocycles. The SMILES string of the molecule is Nc1ccccc1C1=CC2=CC3=NC(=CC4=NC(=CC5=NC(=C(c6ccccc6N)C1=N2)C(c1ccccc1N)=C5c1ccccc1N)C=C4)C=C3.[MgH2]. The molecule has 53 heavy (non-hydrogen) atoms. The summed E-state index contributed by atoms with van der Waals surface area (Å²) in [5, 5.41) is 0. The Hall–Kier alpha value is -6.55. The number of anilines is 4. The van der Waals surface area contributed by atoms with Crippen molar-refractivity contribution in [2.45, 2.75) is 0 Å². The van der Waals surface area contributed by atoms with Crippen molar-refractivity contribution in [3.8, 4) is 0 Å². The molecule has 0 spiro atoms. The van der Waals surface area contributed by atoms with E-state index in [4.69, 9.17) is 42.9 Å². The van der Waals surface area contributed by atoms with Crippen molar-refractivity contribution in [3.05, 3.63) is 191 Å². The molecule has 4 aromatic carbocycles. The zero-order chi connectivity index (χ0) is 35.3. The van der Waals surface area contributed by atoms with E-state index in [1.165, 1.54) is 0 Å². The molecular formula is C44H34MgN8. The van der Waals surface area contributed by atoms with Gasteiger partial charge in [0.05, 0.1) is 45.6 Å². The highest BCUT2D eigenvalue weighted by atomic mass is 24.3. The van der Waals surface area contributed by atoms with Gasteiger partial charge in [-0.05, 0) is 72.9 Å². The fraction of sp³-hybridized carbons (Fsp3) is 0. The zero-order valence-electron chi connectivity index (χ0n) is 28.0. The summed E-state index contributed by atoms with van der Waals surface area (Å²) in [5.41, 5.74) is 41.7. The topological polar surface area (TPSA) is 154 Å². The van der Waals surface area contributed by atoms with Crippen LogP contribution in [-0.2, 0) is 0 Å². The van der Waals surface area contributed by atoms with E-state index in [1.807, 2.05) is 146 Å². The standard InChI is InChI=1S/C44H32N8.Mg.2H/c45-35-13-5-1-9-30(35)34-23-29-22-27-18-17-25(49-27)21-26-19-20-28(50-26)24-39-40(31-10-2-6-14-36(31)46)41(32-11-3-7-15-37(32)47)44(52-39)42(43(34)51-29)33-12-4-8-16-38(33)48;;;/h1-24H,45-48H2;;;. The van der Waals surface area contributed by atoms with Gasteiger partial charge in [-0.15, -0.1) is 0 Å². The van der Waals surface area contributed by atoms with Crippen LogP contribution in [0.4, 0.5) is 22.7 Å². The number of aliphatic imine (C=N–C) groups is 4. The van der Waals surface area contributed by atoms with Crippen LogP contribution in [0.1, 0.15) is 22.3 Å². The Kier molecular flexibility index (Phi) is 8.58. The van der Waals surface area contributed by atoms with Crippen molar-refractivity contribution < 1.29 is 0 Å². The number of para-hydroxylation sites is 4. The van der Waals surface area contributed by atoms with Crippen LogP contribution in [0.5, 0.6) is 0 Å². The molecule has 5 aliphatic heterocycles. The average molecular weight is 699 g/mol. The highest BCUT2D eigenvalue weighted by Gasteiger charge is 2.35. The van der Waals surface area contributed by atoms with Gasteiger partial charge in [0.25, 0.3) is 0 Å². The molecule has 0 unspecified atom stereocenters. The number of nitrogen functional groups attached to an aromatic ring is 4. The molecule has 0 aromatic heterocycles. The summed E-state index contributed by atoms with van der Waals surface area (Å²) in [7, 11) is 0. The summed E-state index contributed by atoms with van der Waals surface area (Å²) >= 11 is 0. The van der Waals surface area contributed by atoms with Crippen molar-refractivity contribution in [3.63, 3.8) is 0 Å². The van der Waals surface area contributed by atoms with Crippen molar-refractivity contribution >= 4 is 90.9 Å². The number of hydrogen-bond acceptors (Lipinski definition) is 8. The monoisotopic (exact) mass is 698 g/mol. The number of nitrogens with zero attached hydrogens (tertiary/aromatic N) is 4. The first kappa shape index (κ1) is 33.6. The largest absolute Gasteiger partial charge is 0.398 e. The van der Waals surface area contributed by atoms with Crippen LogP contribution in [0, 0.1) is 0 Å². The number of allylic oxidation sites excluding steroid dienone is 12. The van der Waals surface area contributed by atoms with E-state index < -0.39 is 0 Å². The van der Waals surface area contributed by atoms with Crippen molar-refractivity contribution in [1.29, 1.82) is 0 Å². The molecule has 0 radical (unpaired) electrons. The fourth-order valence-corrected chi connectivity index (χ4v) is 7.04. The van der Waals surface area contributed by atoms with Gasteiger partial charge in [0.1, 0.15) is 0 Å². The van der Waals surface area contributed by atoms with Crippen LogP contribution in [0.3, 0.4) is 0 Å². The lowest BCUT2D eigenvalue weighted by molar-refractivity contribution is 1.41. The summed E-state index contributed by atoms with van der Waals surface area (Å²) in [5.74, 6) is 0. The molecule has 4 aromatic rings. The number of hydrogen-bond donors (Lipinski definition) is 4. The number of fused-ring (bicyclic) bond motifs is 4. The molecule has 5 aliphatic rings. The summed E-state index contributed by atoms with van der Waals surface area (Å²) in [6.45, 7) is 0. The first-order chi connectivity index (χ1) is 25.4. The molecule has 252 valence electrons. The van der Waals surface area contributed by atoms with Crippen molar-refractivity contribution in [2.75, 3.05) is 22.9 Å². The minimum absolute atomic E-state index is 0. The third-order valence-corrected chi connectivity index (χ3v) is 9.42. The Morgan fingerprint density at radius 3 is 1.38 bits per heavy atom. The third kappa shape index (κ3) is 6.01. The van der Waals surface area contributed by atoms with Crippen LogP contribution in [0.15, 0.2) is 188 Å². The molecule has 0 fully saturated rings. The van der Waals surface area contributed by atoms with Crippen molar-refractivity contribution in [2.24, 2.45) is 20.0 Å². The highest BCUT2D eigenvalue weighted by molar-refractivity contribution is 6.51. The molecule has 0 atom stereocenters. The lowest BCUT2D eigenvalue weighted by Crippen LogP contribution is -2.10. The molecule has 5 heterocycles. The second-order valence-corrected chi connectivity index (χ2v) is 12.8. The Labute approximate surface area is 323 Å². The minimum atomic E-state index is 0. The highest BCUT2D eigenvalue weighted by Crippen LogP contribution is 2.49. The van der Waals surface area contributed by atoms with Gasteiger partial charge >= 0.3 is 23.1 Å². The maximum absolute atomic E-state index is 6.88. The first-order valence-electron chi connectivity index (χ1n) is 16.9. The van der Waals surface area contributed by atoms with E-state index in [-0.39, 0.29) is 23.1 Å². The predicted octanol–water partition coefficient (Wildman–Crippen LogP) is 7.10. The summed E-state index contributed by atoms with van der Waals surface area (Å²) < 4.78 is 0. The van der Waals surface area contributed by atoms with Crippen molar-refractivity contribution in [1.82, 2.24) is 0 Å². The van der Waals surface area contributed by atoms with Gasteiger partial charge in [0.15, 0.2) is 0 Å². The van der Waals surface area contributed by atoms with E-state index in [1.54, 1.807) is 0 Å². The Morgan fingerprint density at radius 1 is 0.377 bits per heavy atom. The smallest absolute Gasteiger partial charge is 0.316 e. The van der Waals surface area contributed by atoms with E-state index >= 15 is 0 Å². The van der Waals surface area contributed by atoms with Gasteiger partial charge in [-0.2, -0.15) is 0 Å². The van der Waals surface area contributed by atoms with Gasteiger partial charge in [0, 0.05) is 67.3 Å². The summed E-state index contributed by atoms with van der Waals surface area (Å²) in [6.07, 6.45) is 15.9. The van der Waals surface area contributed by atoms with E-state index in [0.717, 1.165) is 67.4 Å². The molecule has 9 heteroatoms. The van der Waals surface area contributed by atoms with Gasteiger partial charge in [0.2, 0.25) is 0 Å². The molecule has 8 N–H and O–H groups in total. The summed E-state index contributed by atoms with van der Waals surface area (Å²) in [4.78, 5) is 20.6.